The normalized spacial score (nSPS) is 12.5. The highest BCUT2D eigenvalue weighted by Crippen LogP contribution is 2.52. The van der Waals surface area contributed by atoms with Gasteiger partial charge in [0.15, 0.2) is 0 Å². The predicted octanol–water partition coefficient (Wildman–Crippen LogP) is 35.2. The Hall–Kier alpha value is -17.6. The molecule has 0 N–H and O–H groups in total. The van der Waals surface area contributed by atoms with E-state index in [4.69, 9.17) is 4.42 Å². The van der Waals surface area contributed by atoms with Crippen molar-refractivity contribution in [2.75, 3.05) is 0 Å². The Morgan fingerprint density at radius 1 is 0.182 bits per heavy atom. The SMILES string of the molecule is CC1(C)c2ccccc2-c2cc(-c3ccc(-n4c5ccccc5c5ccc6c7ccccc7n(-c7ccccc7)c6c54)cc3)ccc21.c1ccc(-n2c3ccccc3c3ccc4c5ccccc5n(-c5ccc(-c6ccc7oc8ccccc8c7c6)cc5)c4c32)cc1.c1ccc(-n2c3ccccc3c3ccc4c5ccccc5n(-c5ccc(-c6cccc7c6sc6ccccc67)cc5)c4c32)cc1. The number of fused-ring (bicyclic) bond motifs is 30. The van der Waals surface area contributed by atoms with Crippen molar-refractivity contribution < 1.29 is 4.42 Å². The number of furan rings is 1. The molecule has 0 saturated heterocycles. The van der Waals surface area contributed by atoms with E-state index >= 15 is 0 Å². The molecule has 1 aliphatic rings. The first-order valence-corrected chi connectivity index (χ1v) is 48.0. The average molecular weight is 1770 g/mol. The smallest absolute Gasteiger partial charge is 0.135 e. The van der Waals surface area contributed by atoms with Crippen molar-refractivity contribution in [2.45, 2.75) is 19.3 Å². The number of rotatable bonds is 9. The van der Waals surface area contributed by atoms with Gasteiger partial charge >= 0.3 is 0 Å². The molecule has 137 heavy (non-hydrogen) atoms. The molecule has 0 bridgehead atoms. The largest absolute Gasteiger partial charge is 0.456 e. The molecule has 21 aromatic carbocycles. The molecule has 0 fully saturated rings. The third-order valence-corrected chi connectivity index (χ3v) is 30.4. The van der Waals surface area contributed by atoms with Crippen LogP contribution < -0.4 is 0 Å². The summed E-state index contributed by atoms with van der Waals surface area (Å²) in [6.07, 6.45) is 0. The van der Waals surface area contributed by atoms with E-state index in [9.17, 15) is 0 Å². The standard InChI is InChI=1S/C45H32N2.C42H26N2O.C42H26N2S/c1-45(2)39-17-9-6-14-33(39)38-28-30(22-27-40(38)45)29-20-23-32(24-21-29)47-42-19-11-8-16-35(42)37-26-25-36-34-15-7-10-18-41(34)46(43(36)44(37)47)31-12-4-3-5-13-31;1-2-10-29(11-3-1)43-37-15-7-4-12-31(37)34-23-24-35-32-13-5-8-16-38(32)44(42(35)41(34)43)30-21-18-27(19-22-30)28-20-25-40-36(26-28)33-14-6-9-17-39(33)45-40;1-2-11-28(12-3-1)43-37-18-7-4-13-31(37)34-25-26-35-32-14-5-8-19-38(32)44(41(35)40(34)43)29-23-21-27(22-24-29)30-16-10-17-36-33-15-6-9-20-39(33)45-42(30)36/h3-28H,1-2H3;2*1-26H. The van der Waals surface area contributed by atoms with Gasteiger partial charge in [-0.15, -0.1) is 11.3 Å². The Morgan fingerprint density at radius 2 is 0.474 bits per heavy atom. The molecule has 0 spiro atoms. The van der Waals surface area contributed by atoms with E-state index in [0.717, 1.165) is 44.7 Å². The molecule has 8 heteroatoms. The molecule has 0 amide bonds. The summed E-state index contributed by atoms with van der Waals surface area (Å²) < 4.78 is 23.5. The van der Waals surface area contributed by atoms with Gasteiger partial charge < -0.3 is 31.8 Å². The third kappa shape index (κ3) is 12.0. The number of aromatic nitrogens is 6. The molecule has 0 unspecified atom stereocenters. The third-order valence-electron chi connectivity index (χ3n) is 29.2. The zero-order valence-electron chi connectivity index (χ0n) is 75.0. The Balaban J connectivity index is 0.000000102. The minimum Gasteiger partial charge on any atom is -0.456 e. The van der Waals surface area contributed by atoms with E-state index in [1.54, 1.807) is 0 Å². The molecule has 0 aliphatic heterocycles. The number of thiophene rings is 1. The summed E-state index contributed by atoms with van der Waals surface area (Å²) in [5.74, 6) is 0. The fourth-order valence-corrected chi connectivity index (χ4v) is 24.3. The molecular formula is C129H84N6OS. The van der Waals surface area contributed by atoms with E-state index in [-0.39, 0.29) is 5.41 Å². The van der Waals surface area contributed by atoms with Gasteiger partial charge in [0, 0.05) is 135 Å². The topological polar surface area (TPSA) is 42.7 Å². The number of benzene rings is 21. The summed E-state index contributed by atoms with van der Waals surface area (Å²) in [4.78, 5) is 0. The molecule has 29 aromatic rings. The molecule has 1 aliphatic carbocycles. The average Bonchev–Trinajstić information content (AvgIpc) is 1.55. The van der Waals surface area contributed by atoms with Crippen molar-refractivity contribution >= 4 is 184 Å². The van der Waals surface area contributed by atoms with Crippen LogP contribution in [0.3, 0.4) is 0 Å². The highest BCUT2D eigenvalue weighted by Gasteiger charge is 2.36. The fourth-order valence-electron chi connectivity index (χ4n) is 23.0. The van der Waals surface area contributed by atoms with Crippen molar-refractivity contribution in [1.82, 2.24) is 27.4 Å². The molecule has 8 aromatic heterocycles. The Kier molecular flexibility index (Phi) is 17.5. The van der Waals surface area contributed by atoms with E-state index in [0.29, 0.717) is 0 Å². The zero-order chi connectivity index (χ0) is 90.2. The van der Waals surface area contributed by atoms with Crippen molar-refractivity contribution in [3.05, 3.63) is 484 Å². The maximum atomic E-state index is 6.09. The van der Waals surface area contributed by atoms with Gasteiger partial charge in [0.2, 0.25) is 0 Å². The summed E-state index contributed by atoms with van der Waals surface area (Å²) in [6.45, 7) is 4.68. The highest BCUT2D eigenvalue weighted by atomic mass is 32.1. The van der Waals surface area contributed by atoms with E-state index < -0.39 is 0 Å². The second kappa shape index (κ2) is 30.8. The van der Waals surface area contributed by atoms with Gasteiger partial charge in [0.05, 0.1) is 66.2 Å². The second-order valence-corrected chi connectivity index (χ2v) is 37.9. The molecular weight excluding hydrogens is 1680 g/mol. The van der Waals surface area contributed by atoms with Crippen molar-refractivity contribution in [1.29, 1.82) is 0 Å². The van der Waals surface area contributed by atoms with Crippen LogP contribution in [0.2, 0.25) is 0 Å². The molecule has 8 heterocycles. The first-order valence-electron chi connectivity index (χ1n) is 47.2. The number of hydrogen-bond donors (Lipinski definition) is 0. The van der Waals surface area contributed by atoms with Crippen LogP contribution in [-0.4, -0.2) is 27.4 Å². The highest BCUT2D eigenvalue weighted by molar-refractivity contribution is 7.26. The van der Waals surface area contributed by atoms with E-state index in [1.165, 1.54) is 218 Å². The lowest BCUT2D eigenvalue weighted by molar-refractivity contribution is 0.660. The maximum Gasteiger partial charge on any atom is 0.135 e. The Labute approximate surface area is 792 Å². The van der Waals surface area contributed by atoms with Crippen molar-refractivity contribution in [3.63, 3.8) is 0 Å². The van der Waals surface area contributed by atoms with Gasteiger partial charge in [0.1, 0.15) is 11.2 Å². The Morgan fingerprint density at radius 3 is 0.891 bits per heavy atom. The van der Waals surface area contributed by atoms with E-state index in [2.05, 4.69) is 502 Å². The maximum absolute atomic E-state index is 6.09. The van der Waals surface area contributed by atoms with Crippen LogP contribution in [0.4, 0.5) is 0 Å². The first-order chi connectivity index (χ1) is 67.8. The van der Waals surface area contributed by atoms with Gasteiger partial charge in [-0.1, -0.05) is 347 Å². The van der Waals surface area contributed by atoms with Crippen LogP contribution in [0.25, 0.3) is 252 Å². The van der Waals surface area contributed by atoms with Gasteiger partial charge in [-0.25, -0.2) is 0 Å². The summed E-state index contributed by atoms with van der Waals surface area (Å²) in [6, 6.07) is 172. The van der Waals surface area contributed by atoms with Crippen molar-refractivity contribution in [3.8, 4) is 78.6 Å². The van der Waals surface area contributed by atoms with Crippen molar-refractivity contribution in [2.24, 2.45) is 0 Å². The quantitative estimate of drug-likeness (QED) is 0.142. The number of nitrogens with zero attached hydrogens (tertiary/aromatic N) is 6. The lowest BCUT2D eigenvalue weighted by Gasteiger charge is -2.21. The molecule has 642 valence electrons. The van der Waals surface area contributed by atoms with Gasteiger partial charge in [0.25, 0.3) is 0 Å². The number of hydrogen-bond acceptors (Lipinski definition) is 2. The number of para-hydroxylation sites is 10. The monoisotopic (exact) mass is 1760 g/mol. The van der Waals surface area contributed by atoms with Gasteiger partial charge in [-0.2, -0.15) is 0 Å². The predicted molar refractivity (Wildman–Crippen MR) is 579 cm³/mol. The Bertz CT molecular complexity index is 9980. The van der Waals surface area contributed by atoms with E-state index in [1.807, 2.05) is 23.5 Å². The summed E-state index contributed by atoms with van der Waals surface area (Å²) in [7, 11) is 0. The molecule has 0 saturated carbocycles. The van der Waals surface area contributed by atoms with Gasteiger partial charge in [-0.3, -0.25) is 0 Å². The fraction of sp³-hybridized carbons (Fsp3) is 0.0233. The summed E-state index contributed by atoms with van der Waals surface area (Å²) in [5, 5.41) is 20.1. The van der Waals surface area contributed by atoms with Crippen LogP contribution in [0, 0.1) is 0 Å². The summed E-state index contributed by atoms with van der Waals surface area (Å²) >= 11 is 1.88. The van der Waals surface area contributed by atoms with Crippen LogP contribution in [0.1, 0.15) is 25.0 Å². The van der Waals surface area contributed by atoms with Gasteiger partial charge in [-0.05, 0) is 195 Å². The minimum absolute atomic E-state index is 0.0123. The summed E-state index contributed by atoms with van der Waals surface area (Å²) in [5.41, 5.74) is 36.3. The molecule has 30 rings (SSSR count). The van der Waals surface area contributed by atoms with Crippen LogP contribution in [0.15, 0.2) is 478 Å². The van der Waals surface area contributed by atoms with Crippen LogP contribution >= 0.6 is 11.3 Å². The lowest BCUT2D eigenvalue weighted by Crippen LogP contribution is -2.14. The first kappa shape index (κ1) is 78.1. The van der Waals surface area contributed by atoms with Crippen LogP contribution in [-0.2, 0) is 5.41 Å². The molecule has 7 nitrogen and oxygen atoms in total. The molecule has 0 atom stereocenters. The van der Waals surface area contributed by atoms with Crippen LogP contribution in [0.5, 0.6) is 0 Å². The molecule has 0 radical (unpaired) electrons. The minimum atomic E-state index is 0.0123. The lowest BCUT2D eigenvalue weighted by atomic mass is 9.82. The second-order valence-electron chi connectivity index (χ2n) is 36.9. The zero-order valence-corrected chi connectivity index (χ0v) is 75.8.